The van der Waals surface area contributed by atoms with Crippen LogP contribution in [0.15, 0.2) is 18.2 Å². The summed E-state index contributed by atoms with van der Waals surface area (Å²) in [5.41, 5.74) is 1.89. The number of amides is 1. The second kappa shape index (κ2) is 9.71. The third kappa shape index (κ3) is 5.45. The van der Waals surface area contributed by atoms with E-state index in [-0.39, 0.29) is 18.9 Å². The molecule has 0 saturated heterocycles. The monoisotopic (exact) mass is 412 g/mol. The van der Waals surface area contributed by atoms with Crippen molar-refractivity contribution in [3.05, 3.63) is 52.6 Å². The number of nitrogens with zero attached hydrogens (tertiary/aromatic N) is 1. The van der Waals surface area contributed by atoms with Crippen LogP contribution in [0.25, 0.3) is 0 Å². The van der Waals surface area contributed by atoms with Crippen molar-refractivity contribution < 1.29 is 32.4 Å². The van der Waals surface area contributed by atoms with Crippen LogP contribution in [-0.4, -0.2) is 50.1 Å². The van der Waals surface area contributed by atoms with Crippen LogP contribution in [0.4, 0.5) is 18.9 Å². The van der Waals surface area contributed by atoms with Gasteiger partial charge in [-0.2, -0.15) is 0 Å². The number of benzene rings is 1. The second-order valence-electron chi connectivity index (χ2n) is 6.93. The number of Topliss-reactive ketones (excluding diaryl/α,β-unsaturated/α-hetero) is 1. The lowest BCUT2D eigenvalue weighted by molar-refractivity contribution is -0.861. The maximum atomic E-state index is 13.7. The Morgan fingerprint density at radius 3 is 2.48 bits per heavy atom. The zero-order chi connectivity index (χ0) is 21.7. The highest BCUT2D eigenvalue weighted by Gasteiger charge is 2.21. The van der Waals surface area contributed by atoms with E-state index in [1.807, 2.05) is 18.4 Å². The molecule has 29 heavy (non-hydrogen) atoms. The van der Waals surface area contributed by atoms with E-state index in [0.717, 1.165) is 23.5 Å². The molecule has 2 rings (SSSR count). The van der Waals surface area contributed by atoms with E-state index in [4.69, 9.17) is 4.74 Å². The zero-order valence-electron chi connectivity index (χ0n) is 16.9. The minimum Gasteiger partial charge on any atom is -0.383 e. The third-order valence-corrected chi connectivity index (χ3v) is 4.63. The molecule has 1 amide bonds. The maximum absolute atomic E-state index is 13.7. The van der Waals surface area contributed by atoms with Gasteiger partial charge in [0, 0.05) is 30.6 Å². The summed E-state index contributed by atoms with van der Waals surface area (Å²) in [7, 11) is 3.25. The van der Waals surface area contributed by atoms with E-state index in [2.05, 4.69) is 5.32 Å². The molecule has 2 aromatic rings. The van der Waals surface area contributed by atoms with Gasteiger partial charge in [0.25, 0.3) is 5.91 Å². The summed E-state index contributed by atoms with van der Waals surface area (Å²) < 4.78 is 47.0. The SMILES string of the molecule is COCCn1c(C)cc(C(=O)C[NH+](C)CC(=O)Nc2ccc(F)c(F)c2F)c1C. The highest BCUT2D eigenvalue weighted by molar-refractivity contribution is 5.98. The largest absolute Gasteiger partial charge is 0.383 e. The Morgan fingerprint density at radius 1 is 1.14 bits per heavy atom. The molecule has 6 nitrogen and oxygen atoms in total. The number of methoxy groups -OCH3 is 1. The molecule has 1 aromatic heterocycles. The first-order chi connectivity index (χ1) is 13.6. The predicted molar refractivity (Wildman–Crippen MR) is 102 cm³/mol. The predicted octanol–water partition coefficient (Wildman–Crippen LogP) is 1.50. The van der Waals surface area contributed by atoms with Gasteiger partial charge in [-0.3, -0.25) is 9.59 Å². The number of ether oxygens (including phenoxy) is 1. The van der Waals surface area contributed by atoms with E-state index in [0.29, 0.717) is 23.6 Å². The fraction of sp³-hybridized carbons (Fsp3) is 0.400. The van der Waals surface area contributed by atoms with Crippen molar-refractivity contribution in [2.45, 2.75) is 20.4 Å². The number of nitrogens with one attached hydrogen (secondary N) is 2. The molecule has 0 spiro atoms. The molecule has 0 bridgehead atoms. The highest BCUT2D eigenvalue weighted by Crippen LogP contribution is 2.19. The van der Waals surface area contributed by atoms with Gasteiger partial charge in [-0.25, -0.2) is 13.2 Å². The summed E-state index contributed by atoms with van der Waals surface area (Å²) in [4.78, 5) is 25.3. The van der Waals surface area contributed by atoms with Crippen LogP contribution in [0.2, 0.25) is 0 Å². The smallest absolute Gasteiger partial charge is 0.279 e. The van der Waals surface area contributed by atoms with Gasteiger partial charge in [0.2, 0.25) is 5.78 Å². The number of hydrogen-bond acceptors (Lipinski definition) is 3. The summed E-state index contributed by atoms with van der Waals surface area (Å²) in [5, 5.41) is 2.20. The number of aromatic nitrogens is 1. The van der Waals surface area contributed by atoms with Crippen LogP contribution < -0.4 is 10.2 Å². The second-order valence-corrected chi connectivity index (χ2v) is 6.93. The molecule has 1 aromatic carbocycles. The van der Waals surface area contributed by atoms with Gasteiger partial charge in [0.05, 0.1) is 19.3 Å². The summed E-state index contributed by atoms with van der Waals surface area (Å²) in [6.45, 7) is 4.81. The van der Waals surface area contributed by atoms with Gasteiger partial charge in [0.15, 0.2) is 24.0 Å². The Balaban J connectivity index is 1.98. The maximum Gasteiger partial charge on any atom is 0.279 e. The van der Waals surface area contributed by atoms with Crippen LogP contribution in [0.5, 0.6) is 0 Å². The lowest BCUT2D eigenvalue weighted by atomic mass is 10.1. The number of ketones is 1. The van der Waals surface area contributed by atoms with Gasteiger partial charge in [0.1, 0.15) is 6.54 Å². The standard InChI is InChI=1S/C20H24F3N3O3/c1-12-9-14(13(2)26(12)7-8-29-4)17(27)10-25(3)11-18(28)24-16-6-5-15(21)19(22)20(16)23/h5-6,9H,7-8,10-11H2,1-4H3,(H,24,28)/p+1. The molecule has 0 fully saturated rings. The summed E-state index contributed by atoms with van der Waals surface area (Å²) in [6, 6.07) is 3.48. The van der Waals surface area contributed by atoms with Crippen LogP contribution in [-0.2, 0) is 16.1 Å². The van der Waals surface area contributed by atoms with E-state index < -0.39 is 29.0 Å². The topological polar surface area (TPSA) is 64.8 Å². The van der Waals surface area contributed by atoms with Crippen LogP contribution in [0.1, 0.15) is 21.7 Å². The number of carbonyl (C=O) groups is 2. The van der Waals surface area contributed by atoms with E-state index in [9.17, 15) is 22.8 Å². The number of halogens is 3. The van der Waals surface area contributed by atoms with Gasteiger partial charge in [-0.05, 0) is 32.0 Å². The Hall–Kier alpha value is -2.65. The number of aryl methyl sites for hydroxylation is 1. The highest BCUT2D eigenvalue weighted by atomic mass is 19.2. The molecule has 0 saturated carbocycles. The number of likely N-dealkylation sites (N-methyl/N-ethyl adjacent to an activating group) is 1. The molecule has 0 aliphatic carbocycles. The van der Waals surface area contributed by atoms with Crippen molar-refractivity contribution in [3.8, 4) is 0 Å². The number of anilines is 1. The van der Waals surface area contributed by atoms with Crippen molar-refractivity contribution >= 4 is 17.4 Å². The van der Waals surface area contributed by atoms with Crippen molar-refractivity contribution in [1.82, 2.24) is 4.57 Å². The Labute approximate surface area is 167 Å². The molecular formula is C20H25F3N3O3+. The van der Waals surface area contributed by atoms with Crippen molar-refractivity contribution in [2.75, 3.05) is 39.2 Å². The summed E-state index contributed by atoms with van der Waals surface area (Å²) in [5.74, 6) is -5.20. The van der Waals surface area contributed by atoms with Gasteiger partial charge >= 0.3 is 0 Å². The normalized spacial score (nSPS) is 12.1. The average Bonchev–Trinajstić information content (AvgIpc) is 2.94. The third-order valence-electron chi connectivity index (χ3n) is 4.63. The van der Waals surface area contributed by atoms with Crippen molar-refractivity contribution in [2.24, 2.45) is 0 Å². The summed E-state index contributed by atoms with van der Waals surface area (Å²) in [6.07, 6.45) is 0. The number of carbonyl (C=O) groups excluding carboxylic acids is 2. The molecule has 0 aliphatic rings. The molecule has 0 aliphatic heterocycles. The first kappa shape index (κ1) is 22.6. The van der Waals surface area contributed by atoms with Crippen LogP contribution >= 0.6 is 0 Å². The Morgan fingerprint density at radius 2 is 1.83 bits per heavy atom. The Bertz CT molecular complexity index is 912. The lowest BCUT2D eigenvalue weighted by Gasteiger charge is -2.14. The van der Waals surface area contributed by atoms with Gasteiger partial charge in [-0.1, -0.05) is 0 Å². The lowest BCUT2D eigenvalue weighted by Crippen LogP contribution is -3.11. The van der Waals surface area contributed by atoms with Crippen LogP contribution in [0, 0.1) is 31.3 Å². The van der Waals surface area contributed by atoms with Gasteiger partial charge in [-0.15, -0.1) is 0 Å². The molecular weight excluding hydrogens is 387 g/mol. The van der Waals surface area contributed by atoms with Gasteiger partial charge < -0.3 is 19.5 Å². The number of rotatable bonds is 9. The fourth-order valence-corrected chi connectivity index (χ4v) is 3.13. The molecule has 158 valence electrons. The molecule has 1 unspecified atom stereocenters. The molecule has 9 heteroatoms. The molecule has 1 heterocycles. The molecule has 1 atom stereocenters. The Kier molecular flexibility index (Phi) is 7.58. The van der Waals surface area contributed by atoms with E-state index >= 15 is 0 Å². The minimum atomic E-state index is -1.65. The minimum absolute atomic E-state index is 0.0439. The zero-order valence-corrected chi connectivity index (χ0v) is 16.9. The summed E-state index contributed by atoms with van der Waals surface area (Å²) >= 11 is 0. The van der Waals surface area contributed by atoms with Crippen molar-refractivity contribution in [1.29, 1.82) is 0 Å². The number of hydrogen-bond donors (Lipinski definition) is 2. The number of quaternary nitrogens is 1. The van der Waals surface area contributed by atoms with E-state index in [1.165, 1.54) is 0 Å². The van der Waals surface area contributed by atoms with Crippen molar-refractivity contribution in [3.63, 3.8) is 0 Å². The van der Waals surface area contributed by atoms with Crippen LogP contribution in [0.3, 0.4) is 0 Å². The quantitative estimate of drug-likeness (QED) is 0.485. The fourth-order valence-electron chi connectivity index (χ4n) is 3.13. The first-order valence-corrected chi connectivity index (χ1v) is 9.09. The first-order valence-electron chi connectivity index (χ1n) is 9.09. The molecule has 0 radical (unpaired) electrons. The molecule has 2 N–H and O–H groups in total. The van der Waals surface area contributed by atoms with E-state index in [1.54, 1.807) is 20.2 Å². The average molecular weight is 412 g/mol.